The quantitative estimate of drug-likeness (QED) is 0.200. The van der Waals surface area contributed by atoms with E-state index in [1.807, 2.05) is 58.6 Å². The van der Waals surface area contributed by atoms with Gasteiger partial charge in [0.1, 0.15) is 5.76 Å². The standard InChI is InChI=1S/C13H16O.2C12H14O.2C2H6/c1-4-13(2,3)12-6-5-10-8-14-9-11(10)7-12;1-12(2,3)11-6-4-5-9-7-13-8-10(9)11;1-12(2,3)11-10-7-5-4-6-9(10)8-13-11;2*1-2/h5-9H,4H2,1-3H3;2*4-8H,1-3H3;2*1-2H3. The number of benzene rings is 3. The van der Waals surface area contributed by atoms with Crippen LogP contribution < -0.4 is 0 Å². The van der Waals surface area contributed by atoms with Gasteiger partial charge in [0.2, 0.25) is 0 Å². The van der Waals surface area contributed by atoms with Crippen LogP contribution in [0.15, 0.2) is 105 Å². The van der Waals surface area contributed by atoms with Gasteiger partial charge in [-0.1, -0.05) is 145 Å². The Morgan fingerprint density at radius 2 is 1.09 bits per heavy atom. The molecule has 44 heavy (non-hydrogen) atoms. The summed E-state index contributed by atoms with van der Waals surface area (Å²) in [7, 11) is 0. The van der Waals surface area contributed by atoms with Crippen LogP contribution >= 0.6 is 0 Å². The van der Waals surface area contributed by atoms with Gasteiger partial charge in [-0.25, -0.2) is 0 Å². The highest BCUT2D eigenvalue weighted by atomic mass is 16.3. The van der Waals surface area contributed by atoms with E-state index in [9.17, 15) is 0 Å². The van der Waals surface area contributed by atoms with Gasteiger partial charge in [-0.15, -0.1) is 0 Å². The van der Waals surface area contributed by atoms with Crippen LogP contribution in [0.25, 0.3) is 32.3 Å². The van der Waals surface area contributed by atoms with E-state index in [1.54, 1.807) is 12.5 Å². The second-order valence-electron chi connectivity index (χ2n) is 13.3. The molecule has 0 saturated carbocycles. The Kier molecular flexibility index (Phi) is 13.1. The van der Waals surface area contributed by atoms with Crippen molar-refractivity contribution in [3.8, 4) is 0 Å². The minimum absolute atomic E-state index is 0.0864. The van der Waals surface area contributed by atoms with E-state index in [1.165, 1.54) is 43.4 Å². The molecule has 3 heterocycles. The molecule has 0 amide bonds. The van der Waals surface area contributed by atoms with Crippen LogP contribution in [-0.2, 0) is 16.2 Å². The van der Waals surface area contributed by atoms with Crippen molar-refractivity contribution in [1.29, 1.82) is 0 Å². The SMILES string of the molecule is CC.CC.CC(C)(C)c1cccc2cocc12.CC(C)(C)c1occ2ccccc12.CCC(C)(C)c1ccc2cocc2c1. The van der Waals surface area contributed by atoms with Crippen molar-refractivity contribution in [2.24, 2.45) is 0 Å². The zero-order valence-corrected chi connectivity index (χ0v) is 29.6. The Bertz CT molecular complexity index is 1670. The molecule has 0 unspecified atom stereocenters. The van der Waals surface area contributed by atoms with Crippen LogP contribution in [0, 0.1) is 0 Å². The van der Waals surface area contributed by atoms with Gasteiger partial charge in [0, 0.05) is 37.7 Å². The molecule has 238 valence electrons. The van der Waals surface area contributed by atoms with Crippen molar-refractivity contribution in [3.05, 3.63) is 109 Å². The summed E-state index contributed by atoms with van der Waals surface area (Å²) in [6, 6.07) is 21.1. The predicted octanol–water partition coefficient (Wildman–Crippen LogP) is 13.6. The lowest BCUT2D eigenvalue weighted by Gasteiger charge is -2.23. The molecule has 0 aliphatic heterocycles. The number of rotatable bonds is 2. The van der Waals surface area contributed by atoms with Crippen molar-refractivity contribution in [2.45, 2.75) is 113 Å². The monoisotopic (exact) mass is 596 g/mol. The predicted molar refractivity (Wildman–Crippen MR) is 192 cm³/mol. The minimum atomic E-state index is 0.0864. The van der Waals surface area contributed by atoms with E-state index in [0.29, 0.717) is 0 Å². The van der Waals surface area contributed by atoms with Gasteiger partial charge in [0.25, 0.3) is 0 Å². The first-order valence-corrected chi connectivity index (χ1v) is 16.2. The third-order valence-electron chi connectivity index (χ3n) is 7.66. The third kappa shape index (κ3) is 9.14. The Labute approximate surface area is 266 Å². The first kappa shape index (κ1) is 36.5. The van der Waals surface area contributed by atoms with E-state index in [4.69, 9.17) is 13.3 Å². The molecule has 0 saturated heterocycles. The second-order valence-corrected chi connectivity index (χ2v) is 13.3. The van der Waals surface area contributed by atoms with Crippen molar-refractivity contribution in [2.75, 3.05) is 0 Å². The Morgan fingerprint density at radius 1 is 0.523 bits per heavy atom. The first-order chi connectivity index (χ1) is 20.8. The number of hydrogen-bond donors (Lipinski definition) is 0. The maximum Gasteiger partial charge on any atom is 0.116 e. The smallest absolute Gasteiger partial charge is 0.116 e. The molecule has 3 nitrogen and oxygen atoms in total. The van der Waals surface area contributed by atoms with Gasteiger partial charge in [0.15, 0.2) is 0 Å². The zero-order valence-electron chi connectivity index (χ0n) is 29.6. The summed E-state index contributed by atoms with van der Waals surface area (Å²) >= 11 is 0. The Hall–Kier alpha value is -3.72. The van der Waals surface area contributed by atoms with Gasteiger partial charge in [-0.05, 0) is 34.4 Å². The molecule has 0 aliphatic rings. The van der Waals surface area contributed by atoms with Crippen molar-refractivity contribution >= 4 is 32.3 Å². The van der Waals surface area contributed by atoms with Gasteiger partial charge in [-0.2, -0.15) is 0 Å². The van der Waals surface area contributed by atoms with Crippen molar-refractivity contribution in [3.63, 3.8) is 0 Å². The lowest BCUT2D eigenvalue weighted by Crippen LogP contribution is -2.14. The average molecular weight is 597 g/mol. The molecular formula is C41H56O3. The van der Waals surface area contributed by atoms with Crippen LogP contribution in [0.1, 0.15) is 113 Å². The first-order valence-electron chi connectivity index (χ1n) is 16.2. The van der Waals surface area contributed by atoms with Crippen LogP contribution in [0.3, 0.4) is 0 Å². The average Bonchev–Trinajstić information content (AvgIpc) is 3.78. The minimum Gasteiger partial charge on any atom is -0.471 e. The molecule has 3 aromatic heterocycles. The summed E-state index contributed by atoms with van der Waals surface area (Å²) in [5, 5.41) is 7.22. The fraction of sp³-hybridized carbons (Fsp3) is 0.415. The normalized spacial score (nSPS) is 11.4. The highest BCUT2D eigenvalue weighted by molar-refractivity contribution is 5.86. The number of fused-ring (bicyclic) bond motifs is 3. The van der Waals surface area contributed by atoms with Crippen molar-refractivity contribution in [1.82, 2.24) is 0 Å². The largest absolute Gasteiger partial charge is 0.471 e. The lowest BCUT2D eigenvalue weighted by atomic mass is 9.82. The Balaban J connectivity index is 0.000000218. The number of hydrogen-bond acceptors (Lipinski definition) is 3. The molecule has 3 heteroatoms. The topological polar surface area (TPSA) is 39.4 Å². The van der Waals surface area contributed by atoms with Crippen LogP contribution in [-0.4, -0.2) is 0 Å². The number of furan rings is 3. The summed E-state index contributed by atoms with van der Waals surface area (Å²) < 4.78 is 15.9. The maximum atomic E-state index is 5.58. The van der Waals surface area contributed by atoms with Gasteiger partial charge < -0.3 is 13.3 Å². The van der Waals surface area contributed by atoms with E-state index >= 15 is 0 Å². The third-order valence-corrected chi connectivity index (χ3v) is 7.66. The summed E-state index contributed by atoms with van der Waals surface area (Å²) in [6.07, 6.45) is 10.2. The Morgan fingerprint density at radius 3 is 1.73 bits per heavy atom. The zero-order chi connectivity index (χ0) is 33.1. The summed E-state index contributed by atoms with van der Waals surface area (Å²) in [5.74, 6) is 1.07. The second kappa shape index (κ2) is 15.8. The molecule has 0 atom stereocenters. The molecule has 3 aromatic carbocycles. The molecule has 0 N–H and O–H groups in total. The van der Waals surface area contributed by atoms with E-state index in [2.05, 4.69) is 111 Å². The van der Waals surface area contributed by atoms with E-state index in [0.717, 1.165) is 12.2 Å². The van der Waals surface area contributed by atoms with Gasteiger partial charge in [0.05, 0.1) is 31.3 Å². The van der Waals surface area contributed by atoms with Gasteiger partial charge >= 0.3 is 0 Å². The molecule has 0 spiro atoms. The molecule has 0 radical (unpaired) electrons. The van der Waals surface area contributed by atoms with Crippen molar-refractivity contribution < 1.29 is 13.3 Å². The highest BCUT2D eigenvalue weighted by Crippen LogP contribution is 2.32. The highest BCUT2D eigenvalue weighted by Gasteiger charge is 2.21. The van der Waals surface area contributed by atoms with E-state index in [-0.39, 0.29) is 16.2 Å². The lowest BCUT2D eigenvalue weighted by molar-refractivity contribution is 0.415. The fourth-order valence-electron chi connectivity index (χ4n) is 4.81. The van der Waals surface area contributed by atoms with Crippen LogP contribution in [0.2, 0.25) is 0 Å². The fourth-order valence-corrected chi connectivity index (χ4v) is 4.81. The van der Waals surface area contributed by atoms with Gasteiger partial charge in [-0.3, -0.25) is 0 Å². The molecule has 0 aliphatic carbocycles. The molecule has 0 fully saturated rings. The summed E-state index contributed by atoms with van der Waals surface area (Å²) in [4.78, 5) is 0. The maximum absolute atomic E-state index is 5.58. The molecule has 6 aromatic rings. The van der Waals surface area contributed by atoms with Crippen LogP contribution in [0.4, 0.5) is 0 Å². The summed E-state index contributed by atoms with van der Waals surface area (Å²) in [5.41, 5.74) is 3.26. The molecule has 6 rings (SSSR count). The van der Waals surface area contributed by atoms with E-state index < -0.39 is 0 Å². The molecule has 0 bridgehead atoms. The molecular weight excluding hydrogens is 540 g/mol. The summed E-state index contributed by atoms with van der Waals surface area (Å²) in [6.45, 7) is 27.9. The van der Waals surface area contributed by atoms with Crippen LogP contribution in [0.5, 0.6) is 0 Å².